The van der Waals surface area contributed by atoms with Gasteiger partial charge in [0.15, 0.2) is 5.76 Å². The van der Waals surface area contributed by atoms with Crippen LogP contribution < -0.4 is 10.0 Å². The zero-order valence-electron chi connectivity index (χ0n) is 15.5. The van der Waals surface area contributed by atoms with Gasteiger partial charge in [0.2, 0.25) is 16.1 Å². The van der Waals surface area contributed by atoms with Crippen LogP contribution in [-0.2, 0) is 24.3 Å². The molecule has 0 saturated heterocycles. The summed E-state index contributed by atoms with van der Waals surface area (Å²) in [5, 5.41) is 6.38. The summed E-state index contributed by atoms with van der Waals surface area (Å²) < 4.78 is 37.1. The summed E-state index contributed by atoms with van der Waals surface area (Å²) in [5.74, 6) is -1.20. The smallest absolute Gasteiger partial charge is 0.322 e. The third-order valence-electron chi connectivity index (χ3n) is 4.16. The van der Waals surface area contributed by atoms with E-state index in [-0.39, 0.29) is 22.4 Å². The Hall–Kier alpha value is -2.72. The molecule has 28 heavy (non-hydrogen) atoms. The molecule has 1 aliphatic carbocycles. The number of aryl methyl sites for hydroxylation is 2. The number of sulfonamides is 1. The number of hydrogen-bond donors (Lipinski definition) is 2. The van der Waals surface area contributed by atoms with E-state index in [1.165, 1.54) is 13.8 Å². The predicted octanol–water partition coefficient (Wildman–Crippen LogP) is 1.13. The molecule has 0 spiro atoms. The molecular weight excluding hydrogens is 386 g/mol. The molecule has 1 aromatic carbocycles. The first-order chi connectivity index (χ1) is 13.3. The van der Waals surface area contributed by atoms with Crippen LogP contribution >= 0.6 is 0 Å². The molecule has 1 fully saturated rings. The molecular formula is C18H21N3O6S. The first kappa shape index (κ1) is 20.0. The van der Waals surface area contributed by atoms with Crippen LogP contribution in [0.15, 0.2) is 39.8 Å². The molecule has 0 radical (unpaired) electrons. The van der Waals surface area contributed by atoms with Gasteiger partial charge in [0, 0.05) is 11.6 Å². The highest BCUT2D eigenvalue weighted by Crippen LogP contribution is 2.23. The van der Waals surface area contributed by atoms with Gasteiger partial charge in [0.1, 0.15) is 17.1 Å². The maximum absolute atomic E-state index is 12.5. The van der Waals surface area contributed by atoms with Gasteiger partial charge in [-0.2, -0.15) is 4.72 Å². The molecule has 2 aromatic rings. The minimum absolute atomic E-state index is 0.0930. The van der Waals surface area contributed by atoms with Gasteiger partial charge < -0.3 is 14.6 Å². The molecule has 0 aliphatic heterocycles. The molecule has 1 heterocycles. The highest BCUT2D eigenvalue weighted by atomic mass is 32.2. The molecule has 1 aliphatic rings. The Morgan fingerprint density at radius 2 is 1.93 bits per heavy atom. The molecule has 1 saturated carbocycles. The largest absolute Gasteiger partial charge is 0.446 e. The van der Waals surface area contributed by atoms with E-state index < -0.39 is 34.5 Å². The number of rotatable bonds is 8. The number of hydrogen-bond acceptors (Lipinski definition) is 7. The highest BCUT2D eigenvalue weighted by Gasteiger charge is 2.31. The molecule has 10 heteroatoms. The first-order valence-electron chi connectivity index (χ1n) is 8.75. The van der Waals surface area contributed by atoms with Gasteiger partial charge in [0.05, 0.1) is 0 Å². The van der Waals surface area contributed by atoms with E-state index in [4.69, 9.17) is 9.26 Å². The molecule has 150 valence electrons. The van der Waals surface area contributed by atoms with E-state index in [0.29, 0.717) is 5.56 Å². The Morgan fingerprint density at radius 1 is 1.25 bits per heavy atom. The van der Waals surface area contributed by atoms with Gasteiger partial charge >= 0.3 is 5.97 Å². The fourth-order valence-corrected chi connectivity index (χ4v) is 3.96. The Labute approximate surface area is 162 Å². The lowest BCUT2D eigenvalue weighted by Gasteiger charge is -2.18. The first-order valence-corrected chi connectivity index (χ1v) is 10.2. The lowest BCUT2D eigenvalue weighted by molar-refractivity contribution is -0.155. The number of carbonyl (C=O) groups is 2. The van der Waals surface area contributed by atoms with Crippen LogP contribution in [0.5, 0.6) is 0 Å². The third-order valence-corrected chi connectivity index (χ3v) is 5.80. The lowest BCUT2D eigenvalue weighted by Crippen LogP contribution is -2.36. The van der Waals surface area contributed by atoms with Crippen molar-refractivity contribution < 1.29 is 27.3 Å². The minimum atomic E-state index is -4.01. The van der Waals surface area contributed by atoms with Crippen molar-refractivity contribution in [2.45, 2.75) is 43.7 Å². The quantitative estimate of drug-likeness (QED) is 0.628. The molecule has 9 nitrogen and oxygen atoms in total. The fourth-order valence-electron chi connectivity index (χ4n) is 2.66. The van der Waals surface area contributed by atoms with Gasteiger partial charge in [-0.3, -0.25) is 9.59 Å². The van der Waals surface area contributed by atoms with E-state index in [0.717, 1.165) is 12.8 Å². The van der Waals surface area contributed by atoms with Crippen LogP contribution in [0.1, 0.15) is 36.0 Å². The van der Waals surface area contributed by atoms with E-state index >= 15 is 0 Å². The zero-order chi connectivity index (χ0) is 20.3. The Balaban J connectivity index is 1.67. The van der Waals surface area contributed by atoms with E-state index in [1.54, 1.807) is 30.3 Å². The van der Waals surface area contributed by atoms with Crippen molar-refractivity contribution in [1.29, 1.82) is 0 Å². The summed E-state index contributed by atoms with van der Waals surface area (Å²) in [7, 11) is -4.01. The molecule has 1 amide bonds. The summed E-state index contributed by atoms with van der Waals surface area (Å²) in [4.78, 5) is 24.6. The molecule has 0 unspecified atom stereocenters. The molecule has 1 atom stereocenters. The van der Waals surface area contributed by atoms with E-state index in [9.17, 15) is 18.0 Å². The summed E-state index contributed by atoms with van der Waals surface area (Å²) in [6, 6.07) is 8.65. The van der Waals surface area contributed by atoms with Crippen LogP contribution in [0.4, 0.5) is 0 Å². The molecule has 3 rings (SSSR count). The van der Waals surface area contributed by atoms with Gasteiger partial charge in [-0.05, 0) is 26.7 Å². The van der Waals surface area contributed by atoms with Crippen LogP contribution in [-0.4, -0.2) is 38.0 Å². The highest BCUT2D eigenvalue weighted by molar-refractivity contribution is 7.89. The third kappa shape index (κ3) is 4.76. The monoisotopic (exact) mass is 407 g/mol. The number of benzene rings is 1. The van der Waals surface area contributed by atoms with Crippen LogP contribution in [0.2, 0.25) is 0 Å². The average Bonchev–Trinajstić information content (AvgIpc) is 3.40. The van der Waals surface area contributed by atoms with Crippen molar-refractivity contribution in [3.05, 3.63) is 47.3 Å². The van der Waals surface area contributed by atoms with Crippen LogP contribution in [0, 0.1) is 13.8 Å². The SMILES string of the molecule is Cc1noc(C)c1S(=O)(=O)NCC(=O)O[C@@H](C(=O)NC1CC1)c1ccccc1. The normalized spacial score (nSPS) is 15.1. The van der Waals surface area contributed by atoms with Crippen molar-refractivity contribution in [2.24, 2.45) is 0 Å². The van der Waals surface area contributed by atoms with E-state index in [1.807, 2.05) is 0 Å². The van der Waals surface area contributed by atoms with Crippen LogP contribution in [0.3, 0.4) is 0 Å². The van der Waals surface area contributed by atoms with Gasteiger partial charge in [-0.15, -0.1) is 0 Å². The molecule has 0 bridgehead atoms. The number of amides is 1. The molecule has 2 N–H and O–H groups in total. The number of ether oxygens (including phenoxy) is 1. The number of carbonyl (C=O) groups excluding carboxylic acids is 2. The number of nitrogens with one attached hydrogen (secondary N) is 2. The number of esters is 1. The van der Waals surface area contributed by atoms with Gasteiger partial charge in [-0.25, -0.2) is 8.42 Å². The number of nitrogens with zero attached hydrogens (tertiary/aromatic N) is 1. The summed E-state index contributed by atoms with van der Waals surface area (Å²) >= 11 is 0. The second-order valence-electron chi connectivity index (χ2n) is 6.54. The summed E-state index contributed by atoms with van der Waals surface area (Å²) in [5.41, 5.74) is 0.687. The minimum Gasteiger partial charge on any atom is -0.446 e. The maximum atomic E-state index is 12.5. The zero-order valence-corrected chi connectivity index (χ0v) is 16.3. The van der Waals surface area contributed by atoms with Crippen molar-refractivity contribution in [1.82, 2.24) is 15.2 Å². The summed E-state index contributed by atoms with van der Waals surface area (Å²) in [6.45, 7) is 2.31. The standard InChI is InChI=1S/C18H21N3O6S/c1-11-17(12(2)27-21-11)28(24,25)19-10-15(22)26-16(13-6-4-3-5-7-13)18(23)20-14-8-9-14/h3-7,14,16,19H,8-10H2,1-2H3,(H,20,23)/t16-/m1/s1. The average molecular weight is 407 g/mol. The van der Waals surface area contributed by atoms with Crippen LogP contribution in [0.25, 0.3) is 0 Å². The van der Waals surface area contributed by atoms with Crippen molar-refractivity contribution in [3.8, 4) is 0 Å². The maximum Gasteiger partial charge on any atom is 0.322 e. The predicted molar refractivity (Wildman–Crippen MR) is 97.6 cm³/mol. The van der Waals surface area contributed by atoms with Gasteiger partial charge in [0.25, 0.3) is 5.91 Å². The lowest BCUT2D eigenvalue weighted by atomic mass is 10.1. The van der Waals surface area contributed by atoms with E-state index in [2.05, 4.69) is 15.2 Å². The van der Waals surface area contributed by atoms with Gasteiger partial charge in [-0.1, -0.05) is 35.5 Å². The van der Waals surface area contributed by atoms with Crippen molar-refractivity contribution >= 4 is 21.9 Å². The Kier molecular flexibility index (Phi) is 5.80. The van der Waals surface area contributed by atoms with Crippen molar-refractivity contribution in [2.75, 3.05) is 6.54 Å². The van der Waals surface area contributed by atoms with Crippen molar-refractivity contribution in [3.63, 3.8) is 0 Å². The fraction of sp³-hybridized carbons (Fsp3) is 0.389. The molecule has 1 aromatic heterocycles. The summed E-state index contributed by atoms with van der Waals surface area (Å²) in [6.07, 6.45) is 0.620. The Morgan fingerprint density at radius 3 is 2.50 bits per heavy atom. The second kappa shape index (κ2) is 8.11. The Bertz CT molecular complexity index is 947. The number of aromatic nitrogens is 1. The second-order valence-corrected chi connectivity index (χ2v) is 8.25. The topological polar surface area (TPSA) is 128 Å².